The first-order chi connectivity index (χ1) is 45.9. The van der Waals surface area contributed by atoms with E-state index in [2.05, 4.69) is 26.2 Å². The van der Waals surface area contributed by atoms with Gasteiger partial charge in [0.1, 0.15) is 47.6 Å². The molecule has 0 saturated carbocycles. The van der Waals surface area contributed by atoms with Crippen molar-refractivity contribution in [3.63, 3.8) is 0 Å². The van der Waals surface area contributed by atoms with E-state index in [1.165, 1.54) is 32.4 Å². The van der Waals surface area contributed by atoms with E-state index < -0.39 is 109 Å². The number of aromatic hydroxyl groups is 2. The molecule has 5 heterocycles. The van der Waals surface area contributed by atoms with Crippen LogP contribution in [0.3, 0.4) is 0 Å². The summed E-state index contributed by atoms with van der Waals surface area (Å²) in [6, 6.07) is 7.88. The SMILES string of the molecule is COc1cccc2c1C(=N)c1c(O)c3c(c(O)c1C2=O)C[C@@](O)(C(=O)CN(C)C1CCN(C(=O)OCc2ccc(NC(=O)[C@H](CCCNC(N)=O)NC(=O)[C@@H](NC(=O)CCCCCN4C(=O)C=CC4=O)C(C)C)cc2)CC1)C[C@@H]3O[C@H]1C[C@H]2[C@H](O[C@@H]3[C@@H](OC)OCCN32)[C@H](C)O1. The number of primary amides is 1. The van der Waals surface area contributed by atoms with Crippen molar-refractivity contribution in [1.82, 2.24) is 35.6 Å². The van der Waals surface area contributed by atoms with Crippen LogP contribution >= 0.6 is 0 Å². The van der Waals surface area contributed by atoms with E-state index in [4.69, 9.17) is 38.9 Å². The average molecular weight is 1340 g/mol. The maximum absolute atomic E-state index is 14.8. The highest BCUT2D eigenvalue weighted by atomic mass is 16.7. The Hall–Kier alpha value is -8.42. The number of phenols is 2. The zero-order chi connectivity index (χ0) is 68.9. The number of hydrogen-bond acceptors (Lipinski definition) is 22. The molecule has 2 aliphatic carbocycles. The fourth-order valence-electron chi connectivity index (χ4n) is 13.9. The number of nitrogens with one attached hydrogen (secondary N) is 5. The number of anilines is 1. The minimum absolute atomic E-state index is 0.00733. The summed E-state index contributed by atoms with van der Waals surface area (Å²) >= 11 is 0. The zero-order valence-corrected chi connectivity index (χ0v) is 54.7. The molecule has 0 aromatic heterocycles. The minimum atomic E-state index is -2.22. The highest BCUT2D eigenvalue weighted by Gasteiger charge is 2.55. The number of fused-ring (bicyclic) bond motifs is 6. The maximum Gasteiger partial charge on any atom is 0.410 e. The Bertz CT molecular complexity index is 3500. The third kappa shape index (κ3) is 15.2. The number of phenolic OH excluding ortho intramolecular Hbond substituents is 2. The third-order valence-corrected chi connectivity index (χ3v) is 19.1. The van der Waals surface area contributed by atoms with Gasteiger partial charge >= 0.3 is 12.1 Å². The average Bonchev–Trinajstić information content (AvgIpc) is 0.857. The number of piperidine rings is 1. The molecule has 29 nitrogen and oxygen atoms in total. The minimum Gasteiger partial charge on any atom is -0.507 e. The Labute approximate surface area is 555 Å². The monoisotopic (exact) mass is 1330 g/mol. The molecular weight excluding hydrogens is 1250 g/mol. The number of Topliss-reactive ketones (excluding diaryl/α,β-unsaturated/α-hetero) is 1. The summed E-state index contributed by atoms with van der Waals surface area (Å²) in [4.78, 5) is 125. The number of urea groups is 1. The van der Waals surface area contributed by atoms with Crippen LogP contribution in [0.1, 0.15) is 135 Å². The molecule has 3 aromatic carbocycles. The molecule has 3 aromatic rings. The second-order valence-corrected chi connectivity index (χ2v) is 25.8. The molecule has 10 rings (SSSR count). The number of imide groups is 1. The first kappa shape index (κ1) is 70.4. The van der Waals surface area contributed by atoms with Gasteiger partial charge in [0.2, 0.25) is 17.7 Å². The van der Waals surface area contributed by atoms with Crippen LogP contribution in [-0.2, 0) is 70.2 Å². The van der Waals surface area contributed by atoms with E-state index in [-0.39, 0.29) is 152 Å². The summed E-state index contributed by atoms with van der Waals surface area (Å²) in [6.45, 7) is 6.80. The molecule has 4 fully saturated rings. The molecule has 0 spiro atoms. The van der Waals surface area contributed by atoms with Gasteiger partial charge in [0.25, 0.3) is 11.8 Å². The van der Waals surface area contributed by atoms with Crippen molar-refractivity contribution in [1.29, 1.82) is 5.41 Å². The van der Waals surface area contributed by atoms with Gasteiger partial charge in [-0.1, -0.05) is 44.5 Å². The van der Waals surface area contributed by atoms with Crippen molar-refractivity contribution in [2.24, 2.45) is 11.7 Å². The number of methoxy groups -OCH3 is 2. The number of aliphatic hydroxyl groups is 1. The zero-order valence-electron chi connectivity index (χ0n) is 54.7. The lowest BCUT2D eigenvalue weighted by Crippen LogP contribution is -2.55. The molecule has 518 valence electrons. The quantitative estimate of drug-likeness (QED) is 0.0248. The van der Waals surface area contributed by atoms with E-state index in [9.17, 15) is 63.9 Å². The lowest BCUT2D eigenvalue weighted by Gasteiger charge is -2.44. The van der Waals surface area contributed by atoms with E-state index in [0.29, 0.717) is 56.5 Å². The summed E-state index contributed by atoms with van der Waals surface area (Å²) < 4.78 is 42.3. The highest BCUT2D eigenvalue weighted by molar-refractivity contribution is 6.32. The Morgan fingerprint density at radius 1 is 0.885 bits per heavy atom. The van der Waals surface area contributed by atoms with Crippen molar-refractivity contribution in [3.05, 3.63) is 93.6 Å². The number of carbonyl (C=O) groups is 9. The van der Waals surface area contributed by atoms with E-state index in [1.807, 2.05) is 6.92 Å². The first-order valence-electron chi connectivity index (χ1n) is 32.6. The molecule has 10 atom stereocenters. The van der Waals surface area contributed by atoms with E-state index in [1.54, 1.807) is 67.1 Å². The number of morpholine rings is 1. The molecule has 10 N–H and O–H groups in total. The smallest absolute Gasteiger partial charge is 0.410 e. The Morgan fingerprint density at radius 2 is 1.61 bits per heavy atom. The second kappa shape index (κ2) is 30.3. The highest BCUT2D eigenvalue weighted by Crippen LogP contribution is 2.53. The molecule has 96 heavy (non-hydrogen) atoms. The normalized spacial score (nSPS) is 24.5. The summed E-state index contributed by atoms with van der Waals surface area (Å²) in [5.74, 6) is -4.90. The number of benzene rings is 3. The van der Waals surface area contributed by atoms with Crippen molar-refractivity contribution in [2.75, 3.05) is 72.5 Å². The molecule has 5 aliphatic heterocycles. The number of rotatable bonds is 26. The second-order valence-electron chi connectivity index (χ2n) is 25.8. The number of unbranched alkanes of at least 4 members (excludes halogenated alkanes) is 2. The first-order valence-corrected chi connectivity index (χ1v) is 32.6. The predicted molar refractivity (Wildman–Crippen MR) is 341 cm³/mol. The van der Waals surface area contributed by atoms with Crippen LogP contribution in [0.15, 0.2) is 54.6 Å². The van der Waals surface area contributed by atoms with E-state index >= 15 is 0 Å². The molecule has 7 aliphatic rings. The number of hydrogen-bond donors (Lipinski definition) is 9. The molecular formula is C67H86N10O19. The molecule has 0 bridgehead atoms. The third-order valence-electron chi connectivity index (χ3n) is 19.1. The van der Waals surface area contributed by atoms with Gasteiger partial charge in [-0.2, -0.15) is 0 Å². The van der Waals surface area contributed by atoms with Gasteiger partial charge in [0.05, 0.1) is 54.9 Å². The molecule has 0 unspecified atom stereocenters. The Kier molecular flexibility index (Phi) is 22.2. The summed E-state index contributed by atoms with van der Waals surface area (Å²) in [7, 11) is 4.67. The fourth-order valence-corrected chi connectivity index (χ4v) is 13.9. The van der Waals surface area contributed by atoms with Crippen LogP contribution in [0.25, 0.3) is 0 Å². The van der Waals surface area contributed by atoms with Gasteiger partial charge in [-0.25, -0.2) is 9.59 Å². The van der Waals surface area contributed by atoms with Gasteiger partial charge in [-0.3, -0.25) is 53.7 Å². The summed E-state index contributed by atoms with van der Waals surface area (Å²) in [5, 5.41) is 57.5. The maximum atomic E-state index is 14.8. The standard InChI is InChI=1S/C67H86N10O19/c1-35(2)56(73-47(79)15-8-7-9-25-77-48(80)20-21-49(77)81)62(86)72-42(13-11-24-70-65(69)87)61(85)71-38-18-16-37(17-19-38)34-93-66(88)75-26-22-39(23-27-75)74(4)33-46(78)67(89)31-41-52(59(84)53-54(58(41)83)57(82)40-12-10-14-44(90-5)51(40)55(53)68)45(32-67)95-50-30-43-60(36(3)94-50)96-63-64(91-6)92-29-28-76(43)63/h10,12,14,16-21,35-36,39,42-43,45,50,56,60,63-64,68,83-84,89H,7-9,11,13,15,22-34H2,1-6H3,(H,71,85)(H,72,86)(H,73,79)(H3,69,70,87)/t36-,42-,43-,45-,50-,56-,60+,63+,64-,67-/m0/s1. The number of amides is 8. The van der Waals surface area contributed by atoms with Gasteiger partial charge in [-0.05, 0) is 82.2 Å². The van der Waals surface area contributed by atoms with Gasteiger partial charge < -0.3 is 80.4 Å². The Morgan fingerprint density at radius 3 is 2.30 bits per heavy atom. The predicted octanol–water partition coefficient (Wildman–Crippen LogP) is 3.14. The number of ether oxygens (including phenoxy) is 7. The van der Waals surface area contributed by atoms with Crippen molar-refractivity contribution >= 4 is 64.6 Å². The lowest BCUT2D eigenvalue weighted by molar-refractivity contribution is -0.256. The van der Waals surface area contributed by atoms with Crippen molar-refractivity contribution in [2.45, 2.75) is 165 Å². The number of ketones is 2. The lowest BCUT2D eigenvalue weighted by atomic mass is 9.71. The summed E-state index contributed by atoms with van der Waals surface area (Å²) in [5.41, 5.74) is 3.21. The molecule has 0 radical (unpaired) electrons. The van der Waals surface area contributed by atoms with Crippen LogP contribution in [0.5, 0.6) is 17.2 Å². The van der Waals surface area contributed by atoms with Crippen molar-refractivity contribution < 1.29 is 91.6 Å². The van der Waals surface area contributed by atoms with Crippen molar-refractivity contribution in [3.8, 4) is 17.2 Å². The van der Waals surface area contributed by atoms with Crippen LogP contribution in [0, 0.1) is 11.3 Å². The van der Waals surface area contributed by atoms with Crippen LogP contribution < -0.4 is 31.7 Å². The number of nitrogens with two attached hydrogens (primary N) is 1. The molecule has 4 saturated heterocycles. The van der Waals surface area contributed by atoms with Gasteiger partial charge in [0.15, 0.2) is 30.4 Å². The molecule has 8 amide bonds. The topological polar surface area (TPSA) is 390 Å². The number of nitrogens with zero attached hydrogens (tertiary/aromatic N) is 4. The molecule has 29 heteroatoms. The number of carbonyl (C=O) groups excluding carboxylic acids is 9. The number of likely N-dealkylation sites (N-methyl/N-ethyl adjacent to an activating group) is 1. The summed E-state index contributed by atoms with van der Waals surface area (Å²) in [6.07, 6.45) is -0.309. The number of likely N-dealkylation sites (tertiary alicyclic amines) is 1. The van der Waals surface area contributed by atoms with Gasteiger partial charge in [0, 0.05) is 112 Å². The van der Waals surface area contributed by atoms with Crippen LogP contribution in [-0.4, -0.2) is 222 Å². The Balaban J connectivity index is 0.736. The van der Waals surface area contributed by atoms with Crippen LogP contribution in [0.4, 0.5) is 15.3 Å². The van der Waals surface area contributed by atoms with Gasteiger partial charge in [-0.15, -0.1) is 0 Å². The largest absolute Gasteiger partial charge is 0.507 e. The van der Waals surface area contributed by atoms with E-state index in [0.717, 1.165) is 4.90 Å². The fraction of sp³-hybridized carbons (Fsp3) is 0.552. The van der Waals surface area contributed by atoms with Crippen LogP contribution in [0.2, 0.25) is 0 Å².